The third-order valence-electron chi connectivity index (χ3n) is 7.66. The van der Waals surface area contributed by atoms with Crippen LogP contribution in [0.1, 0.15) is 88.4 Å². The molecule has 41 heavy (non-hydrogen) atoms. The number of rotatable bonds is 5. The van der Waals surface area contributed by atoms with Gasteiger partial charge in [0.1, 0.15) is 11.5 Å². The van der Waals surface area contributed by atoms with E-state index in [-0.39, 0.29) is 23.1 Å². The predicted octanol–water partition coefficient (Wildman–Crippen LogP) is 5.62. The number of nitrogens with zero attached hydrogens (tertiary/aromatic N) is 3. The number of esters is 2. The number of carbonyl (C=O) groups excluding carboxylic acids is 3. The Hall–Kier alpha value is -3.39. The first-order valence-electron chi connectivity index (χ1n) is 14.5. The number of benzene rings is 2. The van der Waals surface area contributed by atoms with Crippen molar-refractivity contribution in [1.29, 1.82) is 0 Å². The van der Waals surface area contributed by atoms with Gasteiger partial charge in [-0.05, 0) is 89.4 Å². The lowest BCUT2D eigenvalue weighted by Crippen LogP contribution is -2.44. The molecule has 0 atom stereocenters. The molecule has 2 heterocycles. The summed E-state index contributed by atoms with van der Waals surface area (Å²) < 4.78 is 11.6. The number of carbonyl (C=O) groups is 3. The van der Waals surface area contributed by atoms with E-state index < -0.39 is 22.8 Å². The third-order valence-corrected chi connectivity index (χ3v) is 7.66. The summed E-state index contributed by atoms with van der Waals surface area (Å²) in [5.74, 6) is -0.746. The molecule has 0 N–H and O–H groups in total. The van der Waals surface area contributed by atoms with Gasteiger partial charge in [0, 0.05) is 51.0 Å². The van der Waals surface area contributed by atoms with E-state index in [4.69, 9.17) is 9.47 Å². The zero-order valence-corrected chi connectivity index (χ0v) is 26.1. The van der Waals surface area contributed by atoms with Gasteiger partial charge in [0.15, 0.2) is 0 Å². The molecule has 2 aromatic carbocycles. The maximum absolute atomic E-state index is 14.1. The fraction of sp³-hybridized carbons (Fsp3) is 0.545. The minimum absolute atomic E-state index is 0.0430. The minimum Gasteiger partial charge on any atom is -0.426 e. The van der Waals surface area contributed by atoms with Crippen molar-refractivity contribution in [3.8, 4) is 11.5 Å². The zero-order valence-electron chi connectivity index (χ0n) is 26.1. The predicted molar refractivity (Wildman–Crippen MR) is 160 cm³/mol. The molecular weight excluding hydrogens is 518 g/mol. The van der Waals surface area contributed by atoms with Crippen LogP contribution in [0.3, 0.4) is 0 Å². The summed E-state index contributed by atoms with van der Waals surface area (Å²) in [6.45, 7) is 19.5. The summed E-state index contributed by atoms with van der Waals surface area (Å²) in [5, 5.41) is 0. The number of amides is 1. The van der Waals surface area contributed by atoms with Gasteiger partial charge in [-0.1, -0.05) is 19.9 Å². The quantitative estimate of drug-likeness (QED) is 0.345. The van der Waals surface area contributed by atoms with Crippen LogP contribution >= 0.6 is 0 Å². The lowest BCUT2D eigenvalue weighted by Gasteiger charge is -2.34. The standard InChI is InChI=1S/C33H45N3O5/c1-21(2)25-17-26(28(41-31(39)33(6,7)8)18-27(25)40-30(38)32(3,4)5)29(37)36-19-22-10-11-24(16-23(22)20-36)35-14-12-34(9)13-15-35/h10-11,16-18,21H,12-15,19-20H2,1-9H3. The molecule has 1 amide bonds. The van der Waals surface area contributed by atoms with E-state index in [0.29, 0.717) is 24.4 Å². The Balaban J connectivity index is 1.67. The van der Waals surface area contributed by atoms with Gasteiger partial charge in [-0.2, -0.15) is 0 Å². The van der Waals surface area contributed by atoms with E-state index in [2.05, 4.69) is 35.0 Å². The molecule has 0 radical (unpaired) electrons. The van der Waals surface area contributed by atoms with Crippen LogP contribution in [0.15, 0.2) is 30.3 Å². The summed E-state index contributed by atoms with van der Waals surface area (Å²) in [5.41, 5.74) is 2.90. The number of fused-ring (bicyclic) bond motifs is 1. The molecular formula is C33H45N3O5. The van der Waals surface area contributed by atoms with E-state index in [1.165, 1.54) is 11.8 Å². The molecule has 1 saturated heterocycles. The van der Waals surface area contributed by atoms with Gasteiger partial charge in [0.25, 0.3) is 5.91 Å². The molecule has 0 bridgehead atoms. The third kappa shape index (κ3) is 6.92. The van der Waals surface area contributed by atoms with Crippen LogP contribution in [0, 0.1) is 10.8 Å². The number of anilines is 1. The molecule has 2 aliphatic heterocycles. The second-order valence-electron chi connectivity index (χ2n) is 13.7. The molecule has 0 saturated carbocycles. The summed E-state index contributed by atoms with van der Waals surface area (Å²) in [6, 6.07) is 9.71. The number of hydrogen-bond acceptors (Lipinski definition) is 7. The van der Waals surface area contributed by atoms with Crippen molar-refractivity contribution < 1.29 is 23.9 Å². The highest BCUT2D eigenvalue weighted by Gasteiger charge is 2.33. The highest BCUT2D eigenvalue weighted by molar-refractivity contribution is 5.99. The molecule has 2 aromatic rings. The highest BCUT2D eigenvalue weighted by atomic mass is 16.5. The summed E-state index contributed by atoms with van der Waals surface area (Å²) in [4.78, 5) is 46.3. The molecule has 0 aromatic heterocycles. The molecule has 1 fully saturated rings. The van der Waals surface area contributed by atoms with Gasteiger partial charge in [0.2, 0.25) is 0 Å². The Morgan fingerprint density at radius 1 is 0.756 bits per heavy atom. The summed E-state index contributed by atoms with van der Waals surface area (Å²) >= 11 is 0. The van der Waals surface area contributed by atoms with E-state index >= 15 is 0 Å². The molecule has 0 spiro atoms. The molecule has 0 aliphatic carbocycles. The molecule has 0 unspecified atom stereocenters. The first-order chi connectivity index (χ1) is 19.0. The number of hydrogen-bond donors (Lipinski definition) is 0. The largest absolute Gasteiger partial charge is 0.426 e. The van der Waals surface area contributed by atoms with E-state index in [9.17, 15) is 14.4 Å². The number of ether oxygens (including phenoxy) is 2. The molecule has 2 aliphatic rings. The lowest BCUT2D eigenvalue weighted by atomic mass is 9.95. The van der Waals surface area contributed by atoms with Gasteiger partial charge in [-0.3, -0.25) is 14.4 Å². The van der Waals surface area contributed by atoms with Gasteiger partial charge in [0.05, 0.1) is 16.4 Å². The number of piperazine rings is 1. The Bertz CT molecular complexity index is 1330. The average Bonchev–Trinajstić information content (AvgIpc) is 3.31. The maximum atomic E-state index is 14.1. The zero-order chi connectivity index (χ0) is 30.3. The summed E-state index contributed by atoms with van der Waals surface area (Å²) in [6.07, 6.45) is 0. The van der Waals surface area contributed by atoms with E-state index in [1.807, 2.05) is 13.8 Å². The van der Waals surface area contributed by atoms with Crippen LogP contribution in [-0.4, -0.2) is 60.9 Å². The average molecular weight is 564 g/mol. The van der Waals surface area contributed by atoms with Crippen molar-refractivity contribution in [2.45, 2.75) is 74.4 Å². The Labute approximate surface area is 244 Å². The second-order valence-corrected chi connectivity index (χ2v) is 13.7. The lowest BCUT2D eigenvalue weighted by molar-refractivity contribution is -0.143. The second kappa shape index (κ2) is 11.5. The van der Waals surface area contributed by atoms with Gasteiger partial charge in [-0.15, -0.1) is 0 Å². The topological polar surface area (TPSA) is 79.4 Å². The van der Waals surface area contributed by atoms with Crippen LogP contribution < -0.4 is 14.4 Å². The SMILES string of the molecule is CC(C)c1cc(C(=O)N2Cc3ccc(N4CCN(C)CC4)cc3C2)c(OC(=O)C(C)(C)C)cc1OC(=O)C(C)(C)C. The molecule has 8 nitrogen and oxygen atoms in total. The van der Waals surface area contributed by atoms with E-state index in [0.717, 1.165) is 37.3 Å². The van der Waals surface area contributed by atoms with Crippen molar-refractivity contribution in [2.75, 3.05) is 38.1 Å². The first-order valence-corrected chi connectivity index (χ1v) is 14.5. The smallest absolute Gasteiger partial charge is 0.316 e. The van der Waals surface area contributed by atoms with Crippen LogP contribution in [0.5, 0.6) is 11.5 Å². The van der Waals surface area contributed by atoms with Crippen molar-refractivity contribution in [3.63, 3.8) is 0 Å². The molecule has 8 heteroatoms. The van der Waals surface area contributed by atoms with Crippen molar-refractivity contribution >= 4 is 23.5 Å². The Morgan fingerprint density at radius 3 is 1.88 bits per heavy atom. The summed E-state index contributed by atoms with van der Waals surface area (Å²) in [7, 11) is 2.14. The van der Waals surface area contributed by atoms with Gasteiger partial charge < -0.3 is 24.2 Å². The van der Waals surface area contributed by atoms with Crippen LogP contribution in [0.2, 0.25) is 0 Å². The fourth-order valence-corrected chi connectivity index (χ4v) is 4.83. The van der Waals surface area contributed by atoms with Crippen LogP contribution in [0.25, 0.3) is 0 Å². The van der Waals surface area contributed by atoms with Crippen molar-refractivity contribution in [3.05, 3.63) is 52.6 Å². The monoisotopic (exact) mass is 563 g/mol. The highest BCUT2D eigenvalue weighted by Crippen LogP contribution is 2.38. The van der Waals surface area contributed by atoms with E-state index in [1.54, 1.807) is 52.5 Å². The first kappa shape index (κ1) is 30.6. The van der Waals surface area contributed by atoms with Gasteiger partial charge >= 0.3 is 11.9 Å². The Kier molecular flexibility index (Phi) is 8.55. The fourth-order valence-electron chi connectivity index (χ4n) is 4.83. The van der Waals surface area contributed by atoms with Gasteiger partial charge in [-0.25, -0.2) is 0 Å². The van der Waals surface area contributed by atoms with Crippen molar-refractivity contribution in [2.24, 2.45) is 10.8 Å². The normalized spacial score (nSPS) is 16.1. The Morgan fingerprint density at radius 2 is 1.32 bits per heavy atom. The van der Waals surface area contributed by atoms with Crippen LogP contribution in [-0.2, 0) is 22.7 Å². The minimum atomic E-state index is -0.789. The molecule has 4 rings (SSSR count). The van der Waals surface area contributed by atoms with Crippen LogP contribution in [0.4, 0.5) is 5.69 Å². The molecule has 222 valence electrons. The number of likely N-dealkylation sites (N-methyl/N-ethyl adjacent to an activating group) is 1. The van der Waals surface area contributed by atoms with Crippen molar-refractivity contribution in [1.82, 2.24) is 9.80 Å². The maximum Gasteiger partial charge on any atom is 0.316 e.